The molecule has 3 rings (SSSR count). The summed E-state index contributed by atoms with van der Waals surface area (Å²) in [6, 6.07) is 16.5. The molecular weight excluding hydrogens is 300 g/mol. The summed E-state index contributed by atoms with van der Waals surface area (Å²) < 4.78 is 5.41. The van der Waals surface area contributed by atoms with Crippen molar-refractivity contribution in [3.63, 3.8) is 0 Å². The average molecular weight is 313 g/mol. The number of halogens is 1. The van der Waals surface area contributed by atoms with E-state index in [-0.39, 0.29) is 12.3 Å². The van der Waals surface area contributed by atoms with Gasteiger partial charge in [-0.25, -0.2) is 4.98 Å². The summed E-state index contributed by atoms with van der Waals surface area (Å²) in [7, 11) is 0. The van der Waals surface area contributed by atoms with Crippen molar-refractivity contribution < 1.29 is 9.21 Å². The molecule has 22 heavy (non-hydrogen) atoms. The number of nitrogens with one attached hydrogen (secondary N) is 1. The van der Waals surface area contributed by atoms with E-state index in [1.165, 1.54) is 6.26 Å². The van der Waals surface area contributed by atoms with Crippen molar-refractivity contribution in [2.24, 2.45) is 0 Å². The van der Waals surface area contributed by atoms with Gasteiger partial charge in [0.05, 0.1) is 12.1 Å². The van der Waals surface area contributed by atoms with Gasteiger partial charge in [0.2, 0.25) is 11.8 Å². The van der Waals surface area contributed by atoms with E-state index in [1.807, 2.05) is 30.3 Å². The number of amides is 1. The van der Waals surface area contributed by atoms with Gasteiger partial charge >= 0.3 is 0 Å². The van der Waals surface area contributed by atoms with Crippen molar-refractivity contribution in [3.05, 3.63) is 71.6 Å². The van der Waals surface area contributed by atoms with Crippen molar-refractivity contribution in [3.8, 4) is 11.5 Å². The molecule has 3 aromatic rings. The van der Waals surface area contributed by atoms with E-state index in [0.717, 1.165) is 5.56 Å². The van der Waals surface area contributed by atoms with Gasteiger partial charge < -0.3 is 9.73 Å². The second-order valence-electron chi connectivity index (χ2n) is 4.74. The number of nitrogens with zero attached hydrogens (tertiary/aromatic N) is 1. The summed E-state index contributed by atoms with van der Waals surface area (Å²) >= 11 is 5.80. The van der Waals surface area contributed by atoms with Crippen LogP contribution in [0.5, 0.6) is 0 Å². The third kappa shape index (κ3) is 3.54. The maximum atomic E-state index is 12.0. The first-order chi connectivity index (χ1) is 10.7. The van der Waals surface area contributed by atoms with E-state index in [1.54, 1.807) is 24.3 Å². The lowest BCUT2D eigenvalue weighted by Gasteiger charge is -2.03. The second kappa shape index (κ2) is 6.45. The highest BCUT2D eigenvalue weighted by atomic mass is 35.5. The molecule has 0 bridgehead atoms. The fraction of sp³-hybridized carbons (Fsp3) is 0.0588. The molecule has 1 heterocycles. The van der Waals surface area contributed by atoms with Crippen molar-refractivity contribution in [2.75, 3.05) is 5.32 Å². The summed E-state index contributed by atoms with van der Waals surface area (Å²) in [6.07, 6.45) is 1.66. The van der Waals surface area contributed by atoms with Gasteiger partial charge in [0.15, 0.2) is 0 Å². The van der Waals surface area contributed by atoms with Crippen LogP contribution in [0.15, 0.2) is 65.3 Å². The molecule has 110 valence electrons. The van der Waals surface area contributed by atoms with Crippen LogP contribution >= 0.6 is 11.6 Å². The maximum Gasteiger partial charge on any atom is 0.230 e. The third-order valence-electron chi connectivity index (χ3n) is 3.04. The zero-order valence-corrected chi connectivity index (χ0v) is 12.4. The van der Waals surface area contributed by atoms with E-state index >= 15 is 0 Å². The first-order valence-corrected chi connectivity index (χ1v) is 7.14. The maximum absolute atomic E-state index is 12.0. The molecule has 1 aromatic heterocycles. The van der Waals surface area contributed by atoms with Crippen molar-refractivity contribution in [2.45, 2.75) is 6.42 Å². The molecule has 1 N–H and O–H groups in total. The Morgan fingerprint density at radius 3 is 2.55 bits per heavy atom. The van der Waals surface area contributed by atoms with Gasteiger partial charge in [-0.2, -0.15) is 0 Å². The Hall–Kier alpha value is -2.59. The van der Waals surface area contributed by atoms with Crippen LogP contribution in [0.1, 0.15) is 5.69 Å². The minimum absolute atomic E-state index is 0.152. The zero-order valence-electron chi connectivity index (χ0n) is 11.6. The van der Waals surface area contributed by atoms with E-state index in [2.05, 4.69) is 10.3 Å². The van der Waals surface area contributed by atoms with Gasteiger partial charge in [-0.1, -0.05) is 29.8 Å². The van der Waals surface area contributed by atoms with E-state index < -0.39 is 0 Å². The predicted octanol–water partition coefficient (Wildman–Crippen LogP) is 4.18. The highest BCUT2D eigenvalue weighted by Gasteiger charge is 2.10. The average Bonchev–Trinajstić information content (AvgIpc) is 2.99. The fourth-order valence-electron chi connectivity index (χ4n) is 2.00. The summed E-state index contributed by atoms with van der Waals surface area (Å²) in [5.74, 6) is 0.352. The molecule has 0 saturated carbocycles. The molecule has 1 amide bonds. The summed E-state index contributed by atoms with van der Waals surface area (Å²) in [4.78, 5) is 16.3. The van der Waals surface area contributed by atoms with E-state index in [9.17, 15) is 4.79 Å². The van der Waals surface area contributed by atoms with Crippen LogP contribution in [-0.2, 0) is 11.2 Å². The van der Waals surface area contributed by atoms with Gasteiger partial charge in [0.25, 0.3) is 0 Å². The predicted molar refractivity (Wildman–Crippen MR) is 85.7 cm³/mol. The molecule has 0 radical (unpaired) electrons. The van der Waals surface area contributed by atoms with E-state index in [4.69, 9.17) is 16.0 Å². The quantitative estimate of drug-likeness (QED) is 0.786. The minimum atomic E-state index is -0.157. The summed E-state index contributed by atoms with van der Waals surface area (Å²) in [5, 5.41) is 3.41. The molecule has 0 aliphatic rings. The molecule has 0 unspecified atom stereocenters. The van der Waals surface area contributed by atoms with Crippen LogP contribution < -0.4 is 5.32 Å². The topological polar surface area (TPSA) is 55.1 Å². The lowest BCUT2D eigenvalue weighted by molar-refractivity contribution is -0.115. The number of hydrogen-bond donors (Lipinski definition) is 1. The van der Waals surface area contributed by atoms with Crippen LogP contribution in [0.3, 0.4) is 0 Å². The van der Waals surface area contributed by atoms with Crippen LogP contribution in [0, 0.1) is 0 Å². The Morgan fingerprint density at radius 2 is 1.82 bits per heavy atom. The van der Waals surface area contributed by atoms with Gasteiger partial charge in [-0.15, -0.1) is 0 Å². The zero-order chi connectivity index (χ0) is 15.4. The molecule has 0 aliphatic heterocycles. The highest BCUT2D eigenvalue weighted by molar-refractivity contribution is 6.30. The number of carbonyl (C=O) groups is 1. The Kier molecular flexibility index (Phi) is 4.21. The van der Waals surface area contributed by atoms with Crippen LogP contribution in [0.2, 0.25) is 5.02 Å². The molecular formula is C17H13ClN2O2. The number of hydrogen-bond acceptors (Lipinski definition) is 3. The van der Waals surface area contributed by atoms with Crippen LogP contribution in [0.25, 0.3) is 11.5 Å². The third-order valence-corrected chi connectivity index (χ3v) is 3.29. The first kappa shape index (κ1) is 14.4. The highest BCUT2D eigenvalue weighted by Crippen LogP contribution is 2.18. The van der Waals surface area contributed by atoms with Crippen LogP contribution in [0.4, 0.5) is 5.69 Å². The number of aromatic nitrogens is 1. The molecule has 0 atom stereocenters. The smallest absolute Gasteiger partial charge is 0.230 e. The molecule has 0 saturated heterocycles. The number of benzene rings is 2. The SMILES string of the molecule is O=C(Cc1coc(-c2ccccc2)n1)Nc1ccc(Cl)cc1. The lowest BCUT2D eigenvalue weighted by Crippen LogP contribution is -2.14. The van der Waals surface area contributed by atoms with Gasteiger partial charge in [0, 0.05) is 16.3 Å². The normalized spacial score (nSPS) is 10.4. The molecule has 5 heteroatoms. The molecule has 4 nitrogen and oxygen atoms in total. The summed E-state index contributed by atoms with van der Waals surface area (Å²) in [5.41, 5.74) is 2.17. The van der Waals surface area contributed by atoms with E-state index in [0.29, 0.717) is 22.3 Å². The lowest BCUT2D eigenvalue weighted by atomic mass is 10.2. The first-order valence-electron chi connectivity index (χ1n) is 6.76. The number of carbonyl (C=O) groups excluding carboxylic acids is 1. The van der Waals surface area contributed by atoms with Crippen molar-refractivity contribution in [1.82, 2.24) is 4.98 Å². The molecule has 0 fully saturated rings. The second-order valence-corrected chi connectivity index (χ2v) is 5.18. The largest absolute Gasteiger partial charge is 0.444 e. The Morgan fingerprint density at radius 1 is 1.09 bits per heavy atom. The number of rotatable bonds is 4. The number of oxazole rings is 1. The standard InChI is InChI=1S/C17H13ClN2O2/c18-13-6-8-14(9-7-13)19-16(21)10-15-11-22-17(20-15)12-4-2-1-3-5-12/h1-9,11H,10H2,(H,19,21). The minimum Gasteiger partial charge on any atom is -0.444 e. The Balaban J connectivity index is 1.65. The summed E-state index contributed by atoms with van der Waals surface area (Å²) in [6.45, 7) is 0. The Labute approximate surface area is 132 Å². The molecule has 2 aromatic carbocycles. The Bertz CT molecular complexity index is 767. The number of anilines is 1. The fourth-order valence-corrected chi connectivity index (χ4v) is 2.13. The van der Waals surface area contributed by atoms with Crippen molar-refractivity contribution in [1.29, 1.82) is 0 Å². The van der Waals surface area contributed by atoms with Gasteiger partial charge in [-0.05, 0) is 36.4 Å². The van der Waals surface area contributed by atoms with Crippen molar-refractivity contribution >= 4 is 23.2 Å². The molecule has 0 aliphatic carbocycles. The van der Waals surface area contributed by atoms with Gasteiger partial charge in [0.1, 0.15) is 6.26 Å². The monoisotopic (exact) mass is 312 g/mol. The molecule has 0 spiro atoms. The van der Waals surface area contributed by atoms with Crippen LogP contribution in [-0.4, -0.2) is 10.9 Å². The van der Waals surface area contributed by atoms with Gasteiger partial charge in [-0.3, -0.25) is 4.79 Å².